The van der Waals surface area contributed by atoms with Crippen LogP contribution < -0.4 is 4.74 Å². The molecule has 0 aliphatic carbocycles. The molecule has 0 aliphatic rings. The Morgan fingerprint density at radius 2 is 2.00 bits per heavy atom. The topological polar surface area (TPSA) is 26.3 Å². The Morgan fingerprint density at radius 3 is 2.56 bits per heavy atom. The van der Waals surface area contributed by atoms with Crippen LogP contribution in [0.25, 0.3) is 10.1 Å². The molecule has 0 fully saturated rings. The lowest BCUT2D eigenvalue weighted by Gasteiger charge is -2.04. The average molecular weight is 275 g/mol. The second-order valence-corrected chi connectivity index (χ2v) is 5.10. The summed E-state index contributed by atoms with van der Waals surface area (Å²) < 4.78 is 5.92. The highest BCUT2D eigenvalue weighted by molar-refractivity contribution is 7.21. The summed E-state index contributed by atoms with van der Waals surface area (Å²) in [5.41, 5.74) is 0. The number of ketones is 1. The molecule has 1 aromatic heterocycles. The molecule has 0 N–H and O–H groups in total. The first-order valence-electron chi connectivity index (χ1n) is 4.51. The van der Waals surface area contributed by atoms with E-state index in [9.17, 15) is 4.79 Å². The number of Topliss-reactive ketones (excluding diaryl/α,β-unsaturated/α-hetero) is 1. The highest BCUT2D eigenvalue weighted by Crippen LogP contribution is 2.42. The number of carbonyl (C=O) groups excluding carboxylic acids is 1. The van der Waals surface area contributed by atoms with Crippen LogP contribution in [-0.4, -0.2) is 12.9 Å². The van der Waals surface area contributed by atoms with Gasteiger partial charge in [0.05, 0.1) is 21.7 Å². The first-order chi connectivity index (χ1) is 7.54. The summed E-state index contributed by atoms with van der Waals surface area (Å²) in [4.78, 5) is 11.9. The van der Waals surface area contributed by atoms with E-state index < -0.39 is 0 Å². The van der Waals surface area contributed by atoms with E-state index in [2.05, 4.69) is 0 Å². The SMILES string of the molecule is COc1cc2cc(C(C)=O)sc2c(Cl)c1Cl. The highest BCUT2D eigenvalue weighted by Gasteiger charge is 2.14. The number of ether oxygens (including phenoxy) is 1. The zero-order valence-corrected chi connectivity index (χ0v) is 11.0. The van der Waals surface area contributed by atoms with Gasteiger partial charge >= 0.3 is 0 Å². The maximum atomic E-state index is 11.3. The fraction of sp³-hybridized carbons (Fsp3) is 0.182. The van der Waals surface area contributed by atoms with Gasteiger partial charge in [0.15, 0.2) is 5.78 Å². The molecule has 0 saturated heterocycles. The minimum absolute atomic E-state index is 0.0207. The fourth-order valence-corrected chi connectivity index (χ4v) is 3.00. The van der Waals surface area contributed by atoms with Crippen LogP contribution in [0.4, 0.5) is 0 Å². The number of hydrogen-bond donors (Lipinski definition) is 0. The summed E-state index contributed by atoms with van der Waals surface area (Å²) in [6.07, 6.45) is 0. The van der Waals surface area contributed by atoms with Gasteiger partial charge in [-0.15, -0.1) is 11.3 Å². The van der Waals surface area contributed by atoms with Crippen molar-refractivity contribution in [1.29, 1.82) is 0 Å². The third-order valence-electron chi connectivity index (χ3n) is 2.22. The van der Waals surface area contributed by atoms with Gasteiger partial charge in [-0.2, -0.15) is 0 Å². The third kappa shape index (κ3) is 1.79. The van der Waals surface area contributed by atoms with E-state index in [-0.39, 0.29) is 5.78 Å². The Bertz CT molecular complexity index is 575. The molecule has 0 amide bonds. The number of halogens is 2. The molecule has 2 aromatic rings. The Balaban J connectivity index is 2.77. The molecule has 2 rings (SSSR count). The summed E-state index contributed by atoms with van der Waals surface area (Å²) in [6.45, 7) is 1.53. The monoisotopic (exact) mass is 274 g/mol. The zero-order valence-electron chi connectivity index (χ0n) is 8.64. The fourth-order valence-electron chi connectivity index (χ4n) is 1.42. The second kappa shape index (κ2) is 4.24. The number of benzene rings is 1. The summed E-state index contributed by atoms with van der Waals surface area (Å²) in [7, 11) is 1.53. The van der Waals surface area contributed by atoms with Gasteiger partial charge in [-0.1, -0.05) is 23.2 Å². The van der Waals surface area contributed by atoms with Crippen LogP contribution in [0.15, 0.2) is 12.1 Å². The lowest BCUT2D eigenvalue weighted by atomic mass is 10.2. The van der Waals surface area contributed by atoms with Crippen molar-refractivity contribution in [1.82, 2.24) is 0 Å². The Morgan fingerprint density at radius 1 is 1.31 bits per heavy atom. The van der Waals surface area contributed by atoms with E-state index in [1.807, 2.05) is 0 Å². The number of methoxy groups -OCH3 is 1. The lowest BCUT2D eigenvalue weighted by molar-refractivity contribution is 0.102. The van der Waals surface area contributed by atoms with E-state index in [0.717, 1.165) is 10.1 Å². The van der Waals surface area contributed by atoms with E-state index in [1.54, 1.807) is 12.1 Å². The maximum Gasteiger partial charge on any atom is 0.169 e. The van der Waals surface area contributed by atoms with Gasteiger partial charge in [0.2, 0.25) is 0 Å². The van der Waals surface area contributed by atoms with Crippen LogP contribution in [0.3, 0.4) is 0 Å². The third-order valence-corrected chi connectivity index (χ3v) is 4.45. The molecule has 0 spiro atoms. The molecule has 0 radical (unpaired) electrons. The van der Waals surface area contributed by atoms with Crippen LogP contribution in [-0.2, 0) is 0 Å². The largest absolute Gasteiger partial charge is 0.495 e. The van der Waals surface area contributed by atoms with Gasteiger partial charge < -0.3 is 4.74 Å². The van der Waals surface area contributed by atoms with Crippen molar-refractivity contribution in [3.63, 3.8) is 0 Å². The quantitative estimate of drug-likeness (QED) is 0.758. The zero-order chi connectivity index (χ0) is 11.9. The summed E-state index contributed by atoms with van der Waals surface area (Å²) in [6, 6.07) is 3.58. The molecule has 1 heterocycles. The minimum Gasteiger partial charge on any atom is -0.495 e. The van der Waals surface area contributed by atoms with Crippen LogP contribution in [0.1, 0.15) is 16.6 Å². The Kier molecular flexibility index (Phi) is 3.10. The molecule has 0 saturated carbocycles. The van der Waals surface area contributed by atoms with Crippen molar-refractivity contribution >= 4 is 50.4 Å². The Labute approximate surface area is 107 Å². The highest BCUT2D eigenvalue weighted by atomic mass is 35.5. The van der Waals surface area contributed by atoms with Crippen LogP contribution in [0.5, 0.6) is 5.75 Å². The minimum atomic E-state index is 0.0207. The van der Waals surface area contributed by atoms with Gasteiger partial charge in [-0.25, -0.2) is 0 Å². The van der Waals surface area contributed by atoms with Gasteiger partial charge in [0, 0.05) is 0 Å². The lowest BCUT2D eigenvalue weighted by Crippen LogP contribution is -1.84. The van der Waals surface area contributed by atoms with Crippen molar-refractivity contribution in [3.8, 4) is 5.75 Å². The predicted molar refractivity (Wildman–Crippen MR) is 68.4 cm³/mol. The molecule has 5 heteroatoms. The molecule has 0 unspecified atom stereocenters. The van der Waals surface area contributed by atoms with Crippen molar-refractivity contribution in [3.05, 3.63) is 27.1 Å². The summed E-state index contributed by atoms with van der Waals surface area (Å²) >= 11 is 13.5. The summed E-state index contributed by atoms with van der Waals surface area (Å²) in [5.74, 6) is 0.541. The number of fused-ring (bicyclic) bond motifs is 1. The molecule has 2 nitrogen and oxygen atoms in total. The molecule has 84 valence electrons. The molecular weight excluding hydrogens is 267 g/mol. The van der Waals surface area contributed by atoms with Gasteiger partial charge in [0.25, 0.3) is 0 Å². The maximum absolute atomic E-state index is 11.3. The number of hydrogen-bond acceptors (Lipinski definition) is 3. The predicted octanol–water partition coefficient (Wildman–Crippen LogP) is 4.42. The van der Waals surface area contributed by atoms with E-state index in [4.69, 9.17) is 27.9 Å². The molecule has 0 bridgehead atoms. The number of thiophene rings is 1. The van der Waals surface area contributed by atoms with E-state index in [0.29, 0.717) is 20.7 Å². The average Bonchev–Trinajstić information content (AvgIpc) is 2.67. The summed E-state index contributed by atoms with van der Waals surface area (Å²) in [5, 5.41) is 1.70. The smallest absolute Gasteiger partial charge is 0.169 e. The number of rotatable bonds is 2. The Hall–Kier alpha value is -0.770. The van der Waals surface area contributed by atoms with Crippen molar-refractivity contribution < 1.29 is 9.53 Å². The standard InChI is InChI=1S/C11H8Cl2O2S/c1-5(14)8-4-6-3-7(15-2)9(12)10(13)11(6)16-8/h3-4H,1-2H3. The van der Waals surface area contributed by atoms with Gasteiger partial charge in [-0.3, -0.25) is 4.79 Å². The van der Waals surface area contributed by atoms with Gasteiger partial charge in [-0.05, 0) is 24.4 Å². The van der Waals surface area contributed by atoms with Crippen LogP contribution in [0.2, 0.25) is 10.0 Å². The van der Waals surface area contributed by atoms with Crippen LogP contribution >= 0.6 is 34.5 Å². The normalized spacial score (nSPS) is 10.8. The van der Waals surface area contributed by atoms with Crippen LogP contribution in [0, 0.1) is 0 Å². The van der Waals surface area contributed by atoms with Gasteiger partial charge in [0.1, 0.15) is 10.8 Å². The van der Waals surface area contributed by atoms with Crippen molar-refractivity contribution in [2.75, 3.05) is 7.11 Å². The van der Waals surface area contributed by atoms with Crippen molar-refractivity contribution in [2.45, 2.75) is 6.92 Å². The molecule has 16 heavy (non-hydrogen) atoms. The first-order valence-corrected chi connectivity index (χ1v) is 6.08. The molecule has 0 atom stereocenters. The second-order valence-electron chi connectivity index (χ2n) is 3.29. The molecule has 0 aliphatic heterocycles. The van der Waals surface area contributed by atoms with E-state index in [1.165, 1.54) is 25.4 Å². The first kappa shape index (κ1) is 11.7. The molecular formula is C11H8Cl2O2S. The van der Waals surface area contributed by atoms with Crippen molar-refractivity contribution in [2.24, 2.45) is 0 Å². The number of carbonyl (C=O) groups is 1. The molecule has 1 aromatic carbocycles. The van der Waals surface area contributed by atoms with E-state index >= 15 is 0 Å².